The molecular formula is C23H23NO2. The number of hydrogen-bond acceptors (Lipinski definition) is 2. The van der Waals surface area contributed by atoms with Crippen molar-refractivity contribution in [3.8, 4) is 5.75 Å². The van der Waals surface area contributed by atoms with Crippen LogP contribution >= 0.6 is 0 Å². The molecule has 0 fully saturated rings. The van der Waals surface area contributed by atoms with Gasteiger partial charge in [0, 0.05) is 19.2 Å². The fraction of sp³-hybridized carbons (Fsp3) is 0.174. The van der Waals surface area contributed by atoms with Crippen LogP contribution in [-0.4, -0.2) is 25.0 Å². The summed E-state index contributed by atoms with van der Waals surface area (Å²) < 4.78 is 5.18. The van der Waals surface area contributed by atoms with Gasteiger partial charge in [0.15, 0.2) is 0 Å². The van der Waals surface area contributed by atoms with Crippen molar-refractivity contribution in [2.45, 2.75) is 13.0 Å². The Labute approximate surface area is 154 Å². The quantitative estimate of drug-likeness (QED) is 0.655. The maximum atomic E-state index is 13.0. The van der Waals surface area contributed by atoms with Gasteiger partial charge in [-0.25, -0.2) is 0 Å². The van der Waals surface area contributed by atoms with Crippen molar-refractivity contribution in [2.24, 2.45) is 0 Å². The fourth-order valence-corrected chi connectivity index (χ4v) is 2.98. The van der Waals surface area contributed by atoms with Crippen LogP contribution in [0.2, 0.25) is 0 Å². The Morgan fingerprint density at radius 1 is 0.846 bits per heavy atom. The molecule has 0 aliphatic carbocycles. The lowest BCUT2D eigenvalue weighted by Gasteiger charge is -2.19. The van der Waals surface area contributed by atoms with Gasteiger partial charge in [0.2, 0.25) is 0 Å². The first-order valence-corrected chi connectivity index (χ1v) is 8.67. The molecule has 3 aromatic carbocycles. The molecule has 0 bridgehead atoms. The molecule has 3 aromatic rings. The molecule has 3 nitrogen and oxygen atoms in total. The first kappa shape index (κ1) is 17.7. The van der Waals surface area contributed by atoms with E-state index in [0.29, 0.717) is 6.54 Å². The predicted molar refractivity (Wildman–Crippen MR) is 104 cm³/mol. The van der Waals surface area contributed by atoms with Crippen molar-refractivity contribution in [3.63, 3.8) is 0 Å². The van der Waals surface area contributed by atoms with Crippen LogP contribution in [0.3, 0.4) is 0 Å². The SMILES string of the molecule is COc1ccc(CN(C)C(=O)c2ccccc2Cc2ccccc2)cc1. The van der Waals surface area contributed by atoms with Crippen LogP contribution in [0.25, 0.3) is 0 Å². The van der Waals surface area contributed by atoms with Gasteiger partial charge in [-0.05, 0) is 41.3 Å². The zero-order chi connectivity index (χ0) is 18.4. The van der Waals surface area contributed by atoms with E-state index in [9.17, 15) is 4.79 Å². The van der Waals surface area contributed by atoms with Gasteiger partial charge >= 0.3 is 0 Å². The third kappa shape index (κ3) is 4.31. The summed E-state index contributed by atoms with van der Waals surface area (Å²) in [5.74, 6) is 0.850. The lowest BCUT2D eigenvalue weighted by Crippen LogP contribution is -2.27. The van der Waals surface area contributed by atoms with Crippen molar-refractivity contribution in [3.05, 3.63) is 101 Å². The lowest BCUT2D eigenvalue weighted by molar-refractivity contribution is 0.0784. The summed E-state index contributed by atoms with van der Waals surface area (Å²) in [7, 11) is 3.49. The number of rotatable bonds is 6. The van der Waals surface area contributed by atoms with E-state index in [2.05, 4.69) is 12.1 Å². The Hall–Kier alpha value is -3.07. The smallest absolute Gasteiger partial charge is 0.254 e. The number of methoxy groups -OCH3 is 1. The second-order valence-corrected chi connectivity index (χ2v) is 6.33. The van der Waals surface area contributed by atoms with Gasteiger partial charge in [-0.2, -0.15) is 0 Å². The molecule has 0 saturated heterocycles. The van der Waals surface area contributed by atoms with Crippen molar-refractivity contribution in [1.29, 1.82) is 0 Å². The van der Waals surface area contributed by atoms with E-state index in [1.165, 1.54) is 5.56 Å². The van der Waals surface area contributed by atoms with Crippen LogP contribution in [0.4, 0.5) is 0 Å². The third-order valence-electron chi connectivity index (χ3n) is 4.41. The molecule has 3 rings (SSSR count). The first-order chi connectivity index (χ1) is 12.7. The maximum Gasteiger partial charge on any atom is 0.254 e. The van der Waals surface area contributed by atoms with Gasteiger partial charge in [-0.1, -0.05) is 60.7 Å². The van der Waals surface area contributed by atoms with E-state index in [-0.39, 0.29) is 5.91 Å². The van der Waals surface area contributed by atoms with Crippen LogP contribution in [0, 0.1) is 0 Å². The molecule has 0 N–H and O–H groups in total. The molecule has 0 aliphatic heterocycles. The van der Waals surface area contributed by atoms with E-state index in [0.717, 1.165) is 28.9 Å². The topological polar surface area (TPSA) is 29.5 Å². The summed E-state index contributed by atoms with van der Waals surface area (Å²) in [5, 5.41) is 0. The standard InChI is InChI=1S/C23H23NO2/c1-24(17-19-12-14-21(26-2)15-13-19)23(25)22-11-7-6-10-20(22)16-18-8-4-3-5-9-18/h3-15H,16-17H2,1-2H3. The average Bonchev–Trinajstić information content (AvgIpc) is 2.69. The number of carbonyl (C=O) groups excluding carboxylic acids is 1. The van der Waals surface area contributed by atoms with Gasteiger partial charge in [0.25, 0.3) is 5.91 Å². The van der Waals surface area contributed by atoms with Crippen LogP contribution in [0.15, 0.2) is 78.9 Å². The maximum absolute atomic E-state index is 13.0. The number of amides is 1. The molecule has 26 heavy (non-hydrogen) atoms. The summed E-state index contributed by atoms with van der Waals surface area (Å²) >= 11 is 0. The summed E-state index contributed by atoms with van der Waals surface area (Å²) in [6, 6.07) is 25.9. The zero-order valence-electron chi connectivity index (χ0n) is 15.2. The van der Waals surface area contributed by atoms with E-state index in [1.807, 2.05) is 73.8 Å². The number of carbonyl (C=O) groups is 1. The Morgan fingerprint density at radius 2 is 1.50 bits per heavy atom. The summed E-state index contributed by atoms with van der Waals surface area (Å²) in [5.41, 5.74) is 4.07. The van der Waals surface area contributed by atoms with Crippen LogP contribution < -0.4 is 4.74 Å². The van der Waals surface area contributed by atoms with Gasteiger partial charge in [0.1, 0.15) is 5.75 Å². The third-order valence-corrected chi connectivity index (χ3v) is 4.41. The Morgan fingerprint density at radius 3 is 2.19 bits per heavy atom. The highest BCUT2D eigenvalue weighted by molar-refractivity contribution is 5.95. The number of ether oxygens (including phenoxy) is 1. The number of nitrogens with zero attached hydrogens (tertiary/aromatic N) is 1. The predicted octanol–water partition coefficient (Wildman–Crippen LogP) is 4.56. The van der Waals surface area contributed by atoms with Crippen LogP contribution in [0.5, 0.6) is 5.75 Å². The normalized spacial score (nSPS) is 10.4. The Bertz CT molecular complexity index is 857. The second kappa shape index (κ2) is 8.34. The van der Waals surface area contributed by atoms with Gasteiger partial charge in [-0.15, -0.1) is 0 Å². The van der Waals surface area contributed by atoms with Gasteiger partial charge < -0.3 is 9.64 Å². The van der Waals surface area contributed by atoms with E-state index < -0.39 is 0 Å². The summed E-state index contributed by atoms with van der Waals surface area (Å²) in [6.07, 6.45) is 0.749. The number of benzene rings is 3. The second-order valence-electron chi connectivity index (χ2n) is 6.33. The highest BCUT2D eigenvalue weighted by Gasteiger charge is 2.16. The molecule has 0 unspecified atom stereocenters. The van der Waals surface area contributed by atoms with Crippen LogP contribution in [-0.2, 0) is 13.0 Å². The van der Waals surface area contributed by atoms with E-state index >= 15 is 0 Å². The highest BCUT2D eigenvalue weighted by atomic mass is 16.5. The van der Waals surface area contributed by atoms with Crippen molar-refractivity contribution in [1.82, 2.24) is 4.90 Å². The zero-order valence-corrected chi connectivity index (χ0v) is 15.2. The molecular weight excluding hydrogens is 322 g/mol. The van der Waals surface area contributed by atoms with Gasteiger partial charge in [0.05, 0.1) is 7.11 Å². The number of hydrogen-bond donors (Lipinski definition) is 0. The van der Waals surface area contributed by atoms with Gasteiger partial charge in [-0.3, -0.25) is 4.79 Å². The molecule has 1 amide bonds. The fourth-order valence-electron chi connectivity index (χ4n) is 2.98. The van der Waals surface area contributed by atoms with E-state index in [1.54, 1.807) is 12.0 Å². The largest absolute Gasteiger partial charge is 0.497 e. The summed E-state index contributed by atoms with van der Waals surface area (Å²) in [6.45, 7) is 0.558. The minimum atomic E-state index is 0.0346. The first-order valence-electron chi connectivity index (χ1n) is 8.67. The molecule has 0 atom stereocenters. The minimum absolute atomic E-state index is 0.0346. The molecule has 0 aliphatic rings. The van der Waals surface area contributed by atoms with Crippen molar-refractivity contribution in [2.75, 3.05) is 14.2 Å². The molecule has 3 heteroatoms. The molecule has 0 spiro atoms. The molecule has 132 valence electrons. The highest BCUT2D eigenvalue weighted by Crippen LogP contribution is 2.18. The molecule has 0 aromatic heterocycles. The van der Waals surface area contributed by atoms with Crippen LogP contribution in [0.1, 0.15) is 27.0 Å². The minimum Gasteiger partial charge on any atom is -0.497 e. The monoisotopic (exact) mass is 345 g/mol. The Balaban J connectivity index is 1.76. The van der Waals surface area contributed by atoms with E-state index in [4.69, 9.17) is 4.74 Å². The molecule has 0 saturated carbocycles. The average molecular weight is 345 g/mol. The summed E-state index contributed by atoms with van der Waals surface area (Å²) in [4.78, 5) is 14.7. The molecule has 0 heterocycles. The van der Waals surface area contributed by atoms with Crippen molar-refractivity contribution < 1.29 is 9.53 Å². The van der Waals surface area contributed by atoms with Crippen molar-refractivity contribution >= 4 is 5.91 Å². The molecule has 0 radical (unpaired) electrons. The lowest BCUT2D eigenvalue weighted by atomic mass is 9.99. The Kier molecular flexibility index (Phi) is 5.69.